The van der Waals surface area contributed by atoms with Crippen LogP contribution in [0.4, 0.5) is 0 Å². The third-order valence-electron chi connectivity index (χ3n) is 2.31. The first-order valence-corrected chi connectivity index (χ1v) is 5.28. The normalized spacial score (nSPS) is 10.2. The lowest BCUT2D eigenvalue weighted by Gasteiger charge is -2.02. The van der Waals surface area contributed by atoms with Gasteiger partial charge in [-0.1, -0.05) is 0 Å². The van der Waals surface area contributed by atoms with Gasteiger partial charge < -0.3 is 9.73 Å². The number of aromatic nitrogens is 2. The van der Waals surface area contributed by atoms with Gasteiger partial charge in [0.1, 0.15) is 0 Å². The second-order valence-corrected chi connectivity index (χ2v) is 3.69. The van der Waals surface area contributed by atoms with Gasteiger partial charge in [-0.05, 0) is 24.6 Å². The molecule has 1 N–H and O–H groups in total. The molecule has 5 nitrogen and oxygen atoms in total. The zero-order chi connectivity index (χ0) is 12.3. The highest BCUT2D eigenvalue weighted by Gasteiger charge is 2.15. The molecule has 0 aliphatic rings. The highest BCUT2D eigenvalue weighted by Crippen LogP contribution is 2.09. The summed E-state index contributed by atoms with van der Waals surface area (Å²) in [6.45, 7) is 3.91. The van der Waals surface area contributed by atoms with E-state index in [1.54, 1.807) is 26.2 Å². The number of carbonyl (C=O) groups is 1. The summed E-state index contributed by atoms with van der Waals surface area (Å²) < 4.78 is 5.23. The van der Waals surface area contributed by atoms with Crippen LogP contribution in [0.1, 0.15) is 27.7 Å². The van der Waals surface area contributed by atoms with Gasteiger partial charge in [0.15, 0.2) is 5.89 Å². The second-order valence-electron chi connectivity index (χ2n) is 3.69. The fourth-order valence-electron chi connectivity index (χ4n) is 1.51. The van der Waals surface area contributed by atoms with Crippen molar-refractivity contribution in [1.82, 2.24) is 15.3 Å². The fraction of sp³-hybridized carbons (Fsp3) is 0.250. The predicted octanol–water partition coefficient (Wildman–Crippen LogP) is 1.62. The number of pyridine rings is 1. The van der Waals surface area contributed by atoms with E-state index in [2.05, 4.69) is 15.3 Å². The maximum Gasteiger partial charge on any atom is 0.289 e. The Hall–Kier alpha value is -2.17. The van der Waals surface area contributed by atoms with Crippen molar-refractivity contribution in [2.75, 3.05) is 0 Å². The van der Waals surface area contributed by atoms with Crippen molar-refractivity contribution in [3.63, 3.8) is 0 Å². The van der Waals surface area contributed by atoms with Crippen molar-refractivity contribution >= 4 is 5.91 Å². The fourth-order valence-corrected chi connectivity index (χ4v) is 1.51. The van der Waals surface area contributed by atoms with E-state index in [1.165, 1.54) is 0 Å². The molecule has 0 saturated heterocycles. The van der Waals surface area contributed by atoms with E-state index in [0.29, 0.717) is 18.1 Å². The number of nitrogens with zero attached hydrogens (tertiary/aromatic N) is 2. The molecule has 2 aromatic rings. The summed E-state index contributed by atoms with van der Waals surface area (Å²) in [6.07, 6.45) is 3.37. The van der Waals surface area contributed by atoms with Crippen molar-refractivity contribution in [3.05, 3.63) is 47.4 Å². The number of carbonyl (C=O) groups excluding carboxylic acids is 1. The van der Waals surface area contributed by atoms with E-state index in [0.717, 1.165) is 5.56 Å². The first-order valence-electron chi connectivity index (χ1n) is 5.28. The Morgan fingerprint density at radius 2 is 2.06 bits per heavy atom. The van der Waals surface area contributed by atoms with Crippen molar-refractivity contribution in [3.8, 4) is 0 Å². The van der Waals surface area contributed by atoms with E-state index < -0.39 is 0 Å². The van der Waals surface area contributed by atoms with Crippen LogP contribution in [0.25, 0.3) is 0 Å². The van der Waals surface area contributed by atoms with Crippen LogP contribution in [0.5, 0.6) is 0 Å². The van der Waals surface area contributed by atoms with E-state index in [-0.39, 0.29) is 11.7 Å². The number of amides is 1. The van der Waals surface area contributed by atoms with Crippen LogP contribution < -0.4 is 5.32 Å². The van der Waals surface area contributed by atoms with Crippen LogP contribution in [-0.2, 0) is 6.54 Å². The van der Waals surface area contributed by atoms with E-state index >= 15 is 0 Å². The zero-order valence-electron chi connectivity index (χ0n) is 9.73. The molecule has 0 saturated carbocycles. The number of hydrogen-bond donors (Lipinski definition) is 1. The average molecular weight is 231 g/mol. The third-order valence-corrected chi connectivity index (χ3v) is 2.31. The molecule has 88 valence electrons. The molecule has 1 amide bonds. The lowest BCUT2D eigenvalue weighted by molar-refractivity contribution is 0.0921. The van der Waals surface area contributed by atoms with E-state index in [1.807, 2.05) is 12.1 Å². The summed E-state index contributed by atoms with van der Waals surface area (Å²) in [4.78, 5) is 19.7. The van der Waals surface area contributed by atoms with Crippen molar-refractivity contribution < 1.29 is 9.21 Å². The van der Waals surface area contributed by atoms with Gasteiger partial charge in [-0.2, -0.15) is 0 Å². The van der Waals surface area contributed by atoms with Gasteiger partial charge in [-0.3, -0.25) is 9.78 Å². The third kappa shape index (κ3) is 2.69. The highest BCUT2D eigenvalue weighted by atomic mass is 16.4. The van der Waals surface area contributed by atoms with Gasteiger partial charge in [0.05, 0.1) is 5.69 Å². The van der Waals surface area contributed by atoms with Gasteiger partial charge in [0.2, 0.25) is 5.76 Å². The van der Waals surface area contributed by atoms with Crippen LogP contribution in [0.2, 0.25) is 0 Å². The minimum atomic E-state index is -0.250. The second kappa shape index (κ2) is 4.78. The molecular formula is C12H13N3O2. The summed E-state index contributed by atoms with van der Waals surface area (Å²) in [5.41, 5.74) is 1.59. The molecule has 0 aliphatic heterocycles. The molecule has 0 bridgehead atoms. The van der Waals surface area contributed by atoms with E-state index in [9.17, 15) is 4.79 Å². The van der Waals surface area contributed by atoms with Crippen LogP contribution in [0.15, 0.2) is 28.9 Å². The zero-order valence-corrected chi connectivity index (χ0v) is 9.73. The van der Waals surface area contributed by atoms with Gasteiger partial charge in [-0.15, -0.1) is 0 Å². The predicted molar refractivity (Wildman–Crippen MR) is 61.4 cm³/mol. The molecule has 0 aliphatic carbocycles. The Balaban J connectivity index is 2.01. The lowest BCUT2D eigenvalue weighted by atomic mass is 10.2. The lowest BCUT2D eigenvalue weighted by Crippen LogP contribution is -2.23. The molecule has 5 heteroatoms. The smallest absolute Gasteiger partial charge is 0.289 e. The Labute approximate surface area is 98.9 Å². The van der Waals surface area contributed by atoms with Crippen LogP contribution >= 0.6 is 0 Å². The number of nitrogens with one attached hydrogen (secondary N) is 1. The number of oxazole rings is 1. The maximum absolute atomic E-state index is 11.8. The molecule has 17 heavy (non-hydrogen) atoms. The first-order chi connectivity index (χ1) is 8.16. The number of rotatable bonds is 3. The summed E-state index contributed by atoms with van der Waals surface area (Å²) >= 11 is 0. The van der Waals surface area contributed by atoms with Gasteiger partial charge in [-0.25, -0.2) is 4.98 Å². The molecule has 0 aromatic carbocycles. The van der Waals surface area contributed by atoms with Crippen LogP contribution in [-0.4, -0.2) is 15.9 Å². The summed E-state index contributed by atoms with van der Waals surface area (Å²) in [6, 6.07) is 3.69. The molecule has 0 fully saturated rings. The van der Waals surface area contributed by atoms with Crippen LogP contribution in [0, 0.1) is 13.8 Å². The minimum absolute atomic E-state index is 0.250. The van der Waals surface area contributed by atoms with E-state index in [4.69, 9.17) is 4.42 Å². The highest BCUT2D eigenvalue weighted by molar-refractivity contribution is 5.92. The molecule has 2 heterocycles. The summed E-state index contributed by atoms with van der Waals surface area (Å²) in [7, 11) is 0. The number of aryl methyl sites for hydroxylation is 2. The molecule has 0 spiro atoms. The first kappa shape index (κ1) is 11.3. The Morgan fingerprint density at radius 3 is 2.65 bits per heavy atom. The molecular weight excluding hydrogens is 218 g/mol. The minimum Gasteiger partial charge on any atom is -0.436 e. The van der Waals surface area contributed by atoms with Crippen molar-refractivity contribution in [2.24, 2.45) is 0 Å². The Bertz CT molecular complexity index is 520. The molecule has 2 rings (SSSR count). The topological polar surface area (TPSA) is 68.0 Å². The maximum atomic E-state index is 11.8. The SMILES string of the molecule is Cc1nc(C)c(C(=O)NCc2ccncc2)o1. The molecule has 0 radical (unpaired) electrons. The average Bonchev–Trinajstić information content (AvgIpc) is 2.67. The summed E-state index contributed by atoms with van der Waals surface area (Å²) in [5.74, 6) is 0.521. The van der Waals surface area contributed by atoms with Crippen LogP contribution in [0.3, 0.4) is 0 Å². The molecule has 0 atom stereocenters. The molecule has 0 unspecified atom stereocenters. The van der Waals surface area contributed by atoms with Crippen molar-refractivity contribution in [1.29, 1.82) is 0 Å². The van der Waals surface area contributed by atoms with Gasteiger partial charge >= 0.3 is 0 Å². The monoisotopic (exact) mass is 231 g/mol. The Morgan fingerprint density at radius 1 is 1.35 bits per heavy atom. The quantitative estimate of drug-likeness (QED) is 0.871. The Kier molecular flexibility index (Phi) is 3.18. The van der Waals surface area contributed by atoms with Crippen molar-refractivity contribution in [2.45, 2.75) is 20.4 Å². The molecule has 2 aromatic heterocycles. The van der Waals surface area contributed by atoms with Gasteiger partial charge in [0, 0.05) is 25.9 Å². The summed E-state index contributed by atoms with van der Waals surface area (Å²) in [5, 5.41) is 2.77. The standard InChI is InChI=1S/C12H13N3O2/c1-8-11(17-9(2)15-8)12(16)14-7-10-3-5-13-6-4-10/h3-6H,7H2,1-2H3,(H,14,16). The number of hydrogen-bond acceptors (Lipinski definition) is 4. The van der Waals surface area contributed by atoms with Gasteiger partial charge in [0.25, 0.3) is 5.91 Å². The largest absolute Gasteiger partial charge is 0.436 e.